The molecule has 1 saturated carbocycles. The number of nitro benzene ring substituents is 1. The minimum absolute atomic E-state index is 0.110. The Morgan fingerprint density at radius 3 is 2.43 bits per heavy atom. The van der Waals surface area contributed by atoms with Crippen LogP contribution in [0.25, 0.3) is 0 Å². The Bertz CT molecular complexity index is 684. The number of nitro groups is 1. The van der Waals surface area contributed by atoms with Gasteiger partial charge in [-0.25, -0.2) is 4.39 Å². The summed E-state index contributed by atoms with van der Waals surface area (Å²) in [4.78, 5) is 12.6. The predicted octanol–water partition coefficient (Wildman–Crippen LogP) is 3.94. The number of rotatable bonds is 7. The van der Waals surface area contributed by atoms with Crippen molar-refractivity contribution in [3.63, 3.8) is 0 Å². The third-order valence-corrected chi connectivity index (χ3v) is 4.23. The van der Waals surface area contributed by atoms with E-state index in [9.17, 15) is 14.5 Å². The van der Waals surface area contributed by atoms with E-state index in [-0.39, 0.29) is 11.5 Å². The molecule has 2 aromatic carbocycles. The van der Waals surface area contributed by atoms with Gasteiger partial charge in [0.15, 0.2) is 0 Å². The van der Waals surface area contributed by atoms with E-state index in [1.807, 2.05) is 12.1 Å². The molecule has 0 N–H and O–H groups in total. The summed E-state index contributed by atoms with van der Waals surface area (Å²) in [5.74, 6) is -0.159. The number of hydrogen-bond acceptors (Lipinski definition) is 3. The van der Waals surface area contributed by atoms with Gasteiger partial charge in [0.2, 0.25) is 0 Å². The van der Waals surface area contributed by atoms with Crippen LogP contribution >= 0.6 is 0 Å². The van der Waals surface area contributed by atoms with Crippen LogP contribution in [-0.4, -0.2) is 22.4 Å². The van der Waals surface area contributed by atoms with Crippen molar-refractivity contribution in [3.05, 3.63) is 75.6 Å². The second-order valence-electron chi connectivity index (χ2n) is 5.97. The zero-order chi connectivity index (χ0) is 16.2. The van der Waals surface area contributed by atoms with Crippen molar-refractivity contribution in [2.75, 3.05) is 6.54 Å². The molecule has 2 aromatic rings. The topological polar surface area (TPSA) is 46.4 Å². The van der Waals surface area contributed by atoms with Crippen LogP contribution in [-0.2, 0) is 13.0 Å². The molecule has 0 bridgehead atoms. The van der Waals surface area contributed by atoms with Gasteiger partial charge in [-0.05, 0) is 30.9 Å². The summed E-state index contributed by atoms with van der Waals surface area (Å²) >= 11 is 0. The van der Waals surface area contributed by atoms with Crippen molar-refractivity contribution in [2.45, 2.75) is 31.8 Å². The van der Waals surface area contributed by atoms with Crippen LogP contribution in [0.1, 0.15) is 24.0 Å². The predicted molar refractivity (Wildman–Crippen MR) is 86.6 cm³/mol. The maximum Gasteiger partial charge on any atom is 0.269 e. The van der Waals surface area contributed by atoms with Gasteiger partial charge in [0.25, 0.3) is 5.69 Å². The first-order valence-electron chi connectivity index (χ1n) is 7.84. The van der Waals surface area contributed by atoms with Crippen LogP contribution in [0.5, 0.6) is 0 Å². The highest BCUT2D eigenvalue weighted by Crippen LogP contribution is 2.29. The smallest absolute Gasteiger partial charge is 0.269 e. The Labute approximate surface area is 134 Å². The summed E-state index contributed by atoms with van der Waals surface area (Å²) in [5.41, 5.74) is 1.90. The van der Waals surface area contributed by atoms with Crippen LogP contribution in [0.15, 0.2) is 48.5 Å². The zero-order valence-electron chi connectivity index (χ0n) is 12.8. The molecule has 0 amide bonds. The average molecular weight is 314 g/mol. The van der Waals surface area contributed by atoms with Crippen LogP contribution in [0.2, 0.25) is 0 Å². The molecule has 5 heteroatoms. The van der Waals surface area contributed by atoms with Gasteiger partial charge < -0.3 is 0 Å². The van der Waals surface area contributed by atoms with Crippen LogP contribution < -0.4 is 0 Å². The van der Waals surface area contributed by atoms with Gasteiger partial charge in [0, 0.05) is 36.8 Å². The van der Waals surface area contributed by atoms with Crippen LogP contribution in [0, 0.1) is 15.9 Å². The monoisotopic (exact) mass is 314 g/mol. The van der Waals surface area contributed by atoms with E-state index in [1.165, 1.54) is 18.2 Å². The number of hydrogen-bond donors (Lipinski definition) is 0. The summed E-state index contributed by atoms with van der Waals surface area (Å²) in [5, 5.41) is 10.7. The minimum atomic E-state index is -0.390. The largest absolute Gasteiger partial charge is 0.296 e. The van der Waals surface area contributed by atoms with E-state index in [1.54, 1.807) is 18.2 Å². The molecule has 0 unspecified atom stereocenters. The number of halogens is 1. The lowest BCUT2D eigenvalue weighted by molar-refractivity contribution is -0.384. The zero-order valence-corrected chi connectivity index (χ0v) is 12.8. The molecule has 0 heterocycles. The molecule has 0 aliphatic heterocycles. The van der Waals surface area contributed by atoms with Crippen molar-refractivity contribution < 1.29 is 9.31 Å². The molecular weight excluding hydrogens is 295 g/mol. The fourth-order valence-electron chi connectivity index (χ4n) is 2.73. The molecule has 1 aliphatic carbocycles. The first-order chi connectivity index (χ1) is 11.1. The van der Waals surface area contributed by atoms with E-state index in [2.05, 4.69) is 4.90 Å². The molecule has 0 aromatic heterocycles. The third kappa shape index (κ3) is 4.13. The lowest BCUT2D eigenvalue weighted by Crippen LogP contribution is -2.28. The Morgan fingerprint density at radius 1 is 1.13 bits per heavy atom. The maximum atomic E-state index is 13.8. The highest BCUT2D eigenvalue weighted by molar-refractivity contribution is 5.33. The van der Waals surface area contributed by atoms with E-state index in [0.717, 1.165) is 36.9 Å². The maximum absolute atomic E-state index is 13.8. The van der Waals surface area contributed by atoms with Gasteiger partial charge in [-0.15, -0.1) is 0 Å². The van der Waals surface area contributed by atoms with Crippen molar-refractivity contribution in [1.82, 2.24) is 4.90 Å². The van der Waals surface area contributed by atoms with E-state index >= 15 is 0 Å². The minimum Gasteiger partial charge on any atom is -0.296 e. The summed E-state index contributed by atoms with van der Waals surface area (Å²) in [6.07, 6.45) is 3.13. The van der Waals surface area contributed by atoms with Crippen molar-refractivity contribution in [3.8, 4) is 0 Å². The molecule has 1 aliphatic rings. The van der Waals surface area contributed by atoms with Gasteiger partial charge in [-0.2, -0.15) is 0 Å². The fraction of sp³-hybridized carbons (Fsp3) is 0.333. The Hall–Kier alpha value is -2.27. The quantitative estimate of drug-likeness (QED) is 0.574. The van der Waals surface area contributed by atoms with Crippen molar-refractivity contribution >= 4 is 5.69 Å². The second-order valence-corrected chi connectivity index (χ2v) is 5.97. The third-order valence-electron chi connectivity index (χ3n) is 4.23. The van der Waals surface area contributed by atoms with Gasteiger partial charge in [0.1, 0.15) is 5.82 Å². The standard InChI is InChI=1S/C18H19FN2O2/c19-18-4-2-1-3-15(18)13-20(16-9-10-16)12-11-14-5-7-17(8-6-14)21(22)23/h1-8,16H,9-13H2. The van der Waals surface area contributed by atoms with Gasteiger partial charge in [-0.3, -0.25) is 15.0 Å². The number of nitrogens with zero attached hydrogens (tertiary/aromatic N) is 2. The summed E-state index contributed by atoms with van der Waals surface area (Å²) < 4.78 is 13.8. The van der Waals surface area contributed by atoms with E-state index in [0.29, 0.717) is 12.6 Å². The molecular formula is C18H19FN2O2. The van der Waals surface area contributed by atoms with E-state index < -0.39 is 4.92 Å². The summed E-state index contributed by atoms with van der Waals surface area (Å²) in [7, 11) is 0. The van der Waals surface area contributed by atoms with Gasteiger partial charge in [-0.1, -0.05) is 30.3 Å². The van der Waals surface area contributed by atoms with Crippen LogP contribution in [0.3, 0.4) is 0 Å². The lowest BCUT2D eigenvalue weighted by atomic mass is 10.1. The van der Waals surface area contributed by atoms with Gasteiger partial charge >= 0.3 is 0 Å². The van der Waals surface area contributed by atoms with Crippen molar-refractivity contribution in [1.29, 1.82) is 0 Å². The second kappa shape index (κ2) is 6.87. The number of benzene rings is 2. The van der Waals surface area contributed by atoms with E-state index in [4.69, 9.17) is 0 Å². The first-order valence-corrected chi connectivity index (χ1v) is 7.84. The van der Waals surface area contributed by atoms with Crippen molar-refractivity contribution in [2.24, 2.45) is 0 Å². The Morgan fingerprint density at radius 2 is 1.83 bits per heavy atom. The molecule has 3 rings (SSSR count). The molecule has 1 fully saturated rings. The number of non-ortho nitro benzene ring substituents is 1. The molecule has 0 spiro atoms. The SMILES string of the molecule is O=[N+]([O-])c1ccc(CCN(Cc2ccccc2F)C2CC2)cc1. The molecule has 120 valence electrons. The molecule has 0 atom stereocenters. The first kappa shape index (κ1) is 15.6. The lowest BCUT2D eigenvalue weighted by Gasteiger charge is -2.22. The summed E-state index contributed by atoms with van der Waals surface area (Å²) in [6.45, 7) is 1.45. The van der Waals surface area contributed by atoms with Crippen LogP contribution in [0.4, 0.5) is 10.1 Å². The highest BCUT2D eigenvalue weighted by atomic mass is 19.1. The average Bonchev–Trinajstić information content (AvgIpc) is 3.38. The Kier molecular flexibility index (Phi) is 4.67. The molecule has 4 nitrogen and oxygen atoms in total. The molecule has 0 radical (unpaired) electrons. The highest BCUT2D eigenvalue weighted by Gasteiger charge is 2.29. The Balaban J connectivity index is 1.62. The molecule has 23 heavy (non-hydrogen) atoms. The summed E-state index contributed by atoms with van der Waals surface area (Å²) in [6, 6.07) is 14.1. The van der Waals surface area contributed by atoms with Gasteiger partial charge in [0.05, 0.1) is 4.92 Å². The molecule has 0 saturated heterocycles. The normalized spacial score (nSPS) is 14.2. The fourth-order valence-corrected chi connectivity index (χ4v) is 2.73.